The van der Waals surface area contributed by atoms with Crippen LogP contribution in [0.5, 0.6) is 0 Å². The van der Waals surface area contributed by atoms with Gasteiger partial charge in [0.05, 0.1) is 0 Å². The molecule has 10 heteroatoms. The van der Waals surface area contributed by atoms with E-state index in [9.17, 15) is 24.0 Å². The van der Waals surface area contributed by atoms with Gasteiger partial charge in [0.15, 0.2) is 0 Å². The molecule has 1 aromatic rings. The predicted molar refractivity (Wildman–Crippen MR) is 127 cm³/mol. The van der Waals surface area contributed by atoms with Gasteiger partial charge in [-0.2, -0.15) is 0 Å². The number of imide groups is 1. The largest absolute Gasteiger partial charge is 0.444 e. The Morgan fingerprint density at radius 2 is 1.91 bits per heavy atom. The molecule has 0 spiro atoms. The van der Waals surface area contributed by atoms with E-state index in [0.717, 1.165) is 11.1 Å². The Balaban J connectivity index is 1.63. The fourth-order valence-corrected chi connectivity index (χ4v) is 4.20. The van der Waals surface area contributed by atoms with E-state index in [-0.39, 0.29) is 43.1 Å². The second-order valence-electron chi connectivity index (χ2n) is 10.4. The molecule has 0 aromatic heterocycles. The van der Waals surface area contributed by atoms with Crippen molar-refractivity contribution in [2.75, 3.05) is 0 Å². The van der Waals surface area contributed by atoms with Crippen LogP contribution in [-0.2, 0) is 32.2 Å². The molecule has 3 rings (SSSR count). The van der Waals surface area contributed by atoms with Gasteiger partial charge in [0, 0.05) is 25.1 Å². The van der Waals surface area contributed by atoms with Gasteiger partial charge in [-0.15, -0.1) is 0 Å². The molecule has 1 unspecified atom stereocenters. The molecule has 0 aliphatic carbocycles. The summed E-state index contributed by atoms with van der Waals surface area (Å²) in [7, 11) is 0. The minimum Gasteiger partial charge on any atom is -0.444 e. The van der Waals surface area contributed by atoms with Crippen molar-refractivity contribution in [3.63, 3.8) is 0 Å². The predicted octanol–water partition coefficient (Wildman–Crippen LogP) is 2.00. The molecule has 2 aliphatic heterocycles. The number of amides is 5. The van der Waals surface area contributed by atoms with Crippen molar-refractivity contribution in [3.8, 4) is 0 Å². The fraction of sp³-hybridized carbons (Fsp3) is 0.560. The van der Waals surface area contributed by atoms with Gasteiger partial charge in [0.2, 0.25) is 17.7 Å². The highest BCUT2D eigenvalue weighted by Gasteiger charge is 2.39. The quantitative estimate of drug-likeness (QED) is 0.505. The second-order valence-corrected chi connectivity index (χ2v) is 10.4. The Bertz CT molecular complexity index is 1030. The molecule has 0 bridgehead atoms. The van der Waals surface area contributed by atoms with E-state index in [0.29, 0.717) is 18.4 Å². The fourth-order valence-electron chi connectivity index (χ4n) is 4.20. The number of ether oxygens (including phenoxy) is 1. The van der Waals surface area contributed by atoms with E-state index < -0.39 is 29.7 Å². The van der Waals surface area contributed by atoms with Gasteiger partial charge in [-0.05, 0) is 56.7 Å². The molecule has 2 aliphatic rings. The Morgan fingerprint density at radius 1 is 1.20 bits per heavy atom. The minimum absolute atomic E-state index is 0.171. The molecule has 3 N–H and O–H groups in total. The number of benzene rings is 1. The summed E-state index contributed by atoms with van der Waals surface area (Å²) in [4.78, 5) is 63.0. The lowest BCUT2D eigenvalue weighted by Crippen LogP contribution is -2.52. The highest BCUT2D eigenvalue weighted by Crippen LogP contribution is 2.28. The van der Waals surface area contributed by atoms with E-state index in [2.05, 4.69) is 16.0 Å². The molecule has 35 heavy (non-hydrogen) atoms. The molecule has 1 saturated heterocycles. The maximum absolute atomic E-state index is 12.8. The van der Waals surface area contributed by atoms with Gasteiger partial charge in [-0.3, -0.25) is 24.5 Å². The van der Waals surface area contributed by atoms with Crippen molar-refractivity contribution < 1.29 is 28.7 Å². The molecular weight excluding hydrogens is 452 g/mol. The lowest BCUT2D eigenvalue weighted by molar-refractivity contribution is -0.137. The summed E-state index contributed by atoms with van der Waals surface area (Å²) in [5.74, 6) is -1.19. The van der Waals surface area contributed by atoms with Crippen molar-refractivity contribution in [2.24, 2.45) is 5.92 Å². The molecule has 1 aromatic carbocycles. The minimum atomic E-state index is -0.746. The molecule has 2 heterocycles. The average molecular weight is 487 g/mol. The van der Waals surface area contributed by atoms with E-state index in [4.69, 9.17) is 4.74 Å². The summed E-state index contributed by atoms with van der Waals surface area (Å²) in [5, 5.41) is 7.79. The molecule has 1 fully saturated rings. The Labute approximate surface area is 205 Å². The van der Waals surface area contributed by atoms with Crippen LogP contribution in [0.15, 0.2) is 18.2 Å². The van der Waals surface area contributed by atoms with E-state index in [1.807, 2.05) is 19.9 Å². The number of hydrogen-bond donors (Lipinski definition) is 3. The molecule has 10 nitrogen and oxygen atoms in total. The van der Waals surface area contributed by atoms with Crippen molar-refractivity contribution in [2.45, 2.75) is 84.7 Å². The van der Waals surface area contributed by atoms with Crippen LogP contribution in [0.4, 0.5) is 4.79 Å². The van der Waals surface area contributed by atoms with Crippen LogP contribution < -0.4 is 16.0 Å². The maximum Gasteiger partial charge on any atom is 0.408 e. The third-order valence-electron chi connectivity index (χ3n) is 5.77. The first-order valence-electron chi connectivity index (χ1n) is 11.9. The van der Waals surface area contributed by atoms with Crippen LogP contribution in [-0.4, -0.2) is 52.3 Å². The zero-order valence-electron chi connectivity index (χ0n) is 20.9. The number of carbonyl (C=O) groups excluding carboxylic acids is 5. The zero-order valence-corrected chi connectivity index (χ0v) is 20.9. The summed E-state index contributed by atoms with van der Waals surface area (Å²) in [6.07, 6.45) is 0.297. The molecule has 0 saturated carbocycles. The number of alkyl carbamates (subject to hydrolysis) is 1. The van der Waals surface area contributed by atoms with Crippen LogP contribution in [0.2, 0.25) is 0 Å². The number of nitrogens with zero attached hydrogens (tertiary/aromatic N) is 1. The SMILES string of the molecule is CC(C)C[C@@H](NC(=O)OC(C)(C)C)C(=O)NCc1ccc2c(c1)CN(C1CCC(=O)NC1=O)C2=O. The number of hydrogen-bond acceptors (Lipinski definition) is 6. The third-order valence-corrected chi connectivity index (χ3v) is 5.77. The standard InChI is InChI=1S/C25H34N4O6/c1-14(2)10-18(27-24(34)35-25(3,4)5)21(31)26-12-15-6-7-17-16(11-15)13-29(23(17)33)19-8-9-20(30)28-22(19)32/h6-7,11,14,18-19H,8-10,12-13H2,1-5H3,(H,26,31)(H,27,34)(H,28,30,32)/t18-,19?/m1/s1. The van der Waals surface area contributed by atoms with Crippen LogP contribution in [0.1, 0.15) is 75.4 Å². The summed E-state index contributed by atoms with van der Waals surface area (Å²) >= 11 is 0. The first-order valence-corrected chi connectivity index (χ1v) is 11.9. The Hall–Kier alpha value is -3.43. The van der Waals surface area contributed by atoms with Crippen molar-refractivity contribution in [3.05, 3.63) is 34.9 Å². The van der Waals surface area contributed by atoms with Gasteiger partial charge < -0.3 is 20.3 Å². The van der Waals surface area contributed by atoms with Crippen molar-refractivity contribution in [1.29, 1.82) is 0 Å². The summed E-state index contributed by atoms with van der Waals surface area (Å²) < 4.78 is 5.28. The van der Waals surface area contributed by atoms with Gasteiger partial charge in [-0.25, -0.2) is 4.79 Å². The second kappa shape index (κ2) is 10.5. The third kappa shape index (κ3) is 6.80. The Kier molecular flexibility index (Phi) is 7.82. The Morgan fingerprint density at radius 3 is 2.54 bits per heavy atom. The van der Waals surface area contributed by atoms with Crippen LogP contribution in [0.3, 0.4) is 0 Å². The maximum atomic E-state index is 12.8. The number of fused-ring (bicyclic) bond motifs is 1. The van der Waals surface area contributed by atoms with Gasteiger partial charge >= 0.3 is 6.09 Å². The van der Waals surface area contributed by atoms with Gasteiger partial charge in [-0.1, -0.05) is 26.0 Å². The van der Waals surface area contributed by atoms with Gasteiger partial charge in [0.25, 0.3) is 5.91 Å². The number of rotatable bonds is 7. The molecule has 5 amide bonds. The number of nitrogens with one attached hydrogen (secondary N) is 3. The molecule has 0 radical (unpaired) electrons. The highest BCUT2D eigenvalue weighted by atomic mass is 16.6. The molecular formula is C25H34N4O6. The van der Waals surface area contributed by atoms with Crippen LogP contribution in [0, 0.1) is 5.92 Å². The normalized spacial score (nSPS) is 18.7. The average Bonchev–Trinajstić information content (AvgIpc) is 3.05. The van der Waals surface area contributed by atoms with Crippen molar-refractivity contribution >= 4 is 29.7 Å². The monoisotopic (exact) mass is 486 g/mol. The summed E-state index contributed by atoms with van der Waals surface area (Å²) in [6, 6.07) is 3.85. The zero-order chi connectivity index (χ0) is 25.9. The van der Waals surface area contributed by atoms with E-state index in [1.165, 1.54) is 4.90 Å². The first-order chi connectivity index (χ1) is 16.3. The number of piperidine rings is 1. The van der Waals surface area contributed by atoms with E-state index >= 15 is 0 Å². The van der Waals surface area contributed by atoms with Gasteiger partial charge in [0.1, 0.15) is 17.7 Å². The lowest BCUT2D eigenvalue weighted by Gasteiger charge is -2.29. The highest BCUT2D eigenvalue weighted by molar-refractivity contribution is 6.05. The van der Waals surface area contributed by atoms with Crippen molar-refractivity contribution in [1.82, 2.24) is 20.9 Å². The molecule has 2 atom stereocenters. The number of carbonyl (C=O) groups is 5. The van der Waals surface area contributed by atoms with E-state index in [1.54, 1.807) is 32.9 Å². The molecule has 190 valence electrons. The van der Waals surface area contributed by atoms with Crippen LogP contribution in [0.25, 0.3) is 0 Å². The summed E-state index contributed by atoms with van der Waals surface area (Å²) in [6.45, 7) is 9.66. The first kappa shape index (κ1) is 26.2. The topological polar surface area (TPSA) is 134 Å². The smallest absolute Gasteiger partial charge is 0.408 e. The summed E-state index contributed by atoms with van der Waals surface area (Å²) in [5.41, 5.74) is 1.38. The van der Waals surface area contributed by atoms with Crippen LogP contribution >= 0.6 is 0 Å². The lowest BCUT2D eigenvalue weighted by atomic mass is 10.0.